The third-order valence-electron chi connectivity index (χ3n) is 5.64. The highest BCUT2D eigenvalue weighted by Crippen LogP contribution is 2.38. The zero-order valence-corrected chi connectivity index (χ0v) is 19.5. The van der Waals surface area contributed by atoms with Crippen molar-refractivity contribution in [1.29, 1.82) is 0 Å². The standard InChI is InChI=1S/C25H33NO3S/c1-18-6-10-21(11-7-18)30-22-12-8-19(9-13-22)25(5,28)20-14-16-26(17-15-20)23(27)29-24(2,3)4/h6-13,20,28H,14-17H2,1-5H3. The number of amides is 1. The zero-order valence-electron chi connectivity index (χ0n) is 18.6. The van der Waals surface area contributed by atoms with Crippen molar-refractivity contribution in [1.82, 2.24) is 4.90 Å². The largest absolute Gasteiger partial charge is 0.444 e. The molecule has 162 valence electrons. The number of rotatable bonds is 4. The summed E-state index contributed by atoms with van der Waals surface area (Å²) in [6, 6.07) is 16.7. The minimum Gasteiger partial charge on any atom is -0.444 e. The molecule has 2 aromatic carbocycles. The fraction of sp³-hybridized carbons (Fsp3) is 0.480. The Morgan fingerprint density at radius 1 is 0.967 bits per heavy atom. The van der Waals surface area contributed by atoms with Gasteiger partial charge in [0.2, 0.25) is 0 Å². The molecule has 3 rings (SSSR count). The van der Waals surface area contributed by atoms with Gasteiger partial charge in [0.15, 0.2) is 0 Å². The van der Waals surface area contributed by atoms with E-state index in [1.54, 1.807) is 16.7 Å². The number of ether oxygens (including phenoxy) is 1. The Labute approximate surface area is 184 Å². The molecular weight excluding hydrogens is 394 g/mol. The molecule has 1 amide bonds. The summed E-state index contributed by atoms with van der Waals surface area (Å²) >= 11 is 1.72. The van der Waals surface area contributed by atoms with Crippen LogP contribution in [0.25, 0.3) is 0 Å². The number of hydrogen-bond donors (Lipinski definition) is 1. The van der Waals surface area contributed by atoms with E-state index in [0.717, 1.165) is 23.3 Å². The van der Waals surface area contributed by atoms with Crippen LogP contribution in [0.4, 0.5) is 4.79 Å². The summed E-state index contributed by atoms with van der Waals surface area (Å²) in [5.74, 6) is 0.104. The summed E-state index contributed by atoms with van der Waals surface area (Å²) in [6.07, 6.45) is 1.25. The topological polar surface area (TPSA) is 49.8 Å². The summed E-state index contributed by atoms with van der Waals surface area (Å²) < 4.78 is 5.47. The molecule has 1 atom stereocenters. The van der Waals surface area contributed by atoms with Gasteiger partial charge >= 0.3 is 6.09 Å². The van der Waals surface area contributed by atoms with Crippen molar-refractivity contribution in [2.45, 2.75) is 68.5 Å². The second-order valence-corrected chi connectivity index (χ2v) is 10.5. The number of benzene rings is 2. The van der Waals surface area contributed by atoms with Crippen LogP contribution in [0.3, 0.4) is 0 Å². The van der Waals surface area contributed by atoms with E-state index in [0.29, 0.717) is 13.1 Å². The Morgan fingerprint density at radius 3 is 1.97 bits per heavy atom. The van der Waals surface area contributed by atoms with Gasteiger partial charge in [0, 0.05) is 22.9 Å². The zero-order chi connectivity index (χ0) is 21.9. The van der Waals surface area contributed by atoms with Crippen LogP contribution in [-0.4, -0.2) is 34.8 Å². The predicted molar refractivity (Wildman–Crippen MR) is 122 cm³/mol. The normalized spacial score (nSPS) is 17.5. The van der Waals surface area contributed by atoms with Gasteiger partial charge in [0.05, 0.1) is 5.60 Å². The molecule has 0 aliphatic carbocycles. The van der Waals surface area contributed by atoms with E-state index in [4.69, 9.17) is 4.74 Å². The minimum atomic E-state index is -0.924. The molecule has 1 unspecified atom stereocenters. The number of likely N-dealkylation sites (tertiary alicyclic amines) is 1. The quantitative estimate of drug-likeness (QED) is 0.650. The molecule has 1 saturated heterocycles. The van der Waals surface area contributed by atoms with E-state index in [1.165, 1.54) is 10.5 Å². The van der Waals surface area contributed by atoms with Crippen LogP contribution in [0.2, 0.25) is 0 Å². The second kappa shape index (κ2) is 9.03. The molecule has 0 radical (unpaired) electrons. The Hall–Kier alpha value is -1.98. The van der Waals surface area contributed by atoms with Crippen molar-refractivity contribution in [2.24, 2.45) is 5.92 Å². The maximum atomic E-state index is 12.3. The lowest BCUT2D eigenvalue weighted by Gasteiger charge is -2.40. The molecule has 1 aliphatic heterocycles. The van der Waals surface area contributed by atoms with Gasteiger partial charge in [-0.25, -0.2) is 4.79 Å². The summed E-state index contributed by atoms with van der Waals surface area (Å²) in [5.41, 5.74) is 0.764. The Morgan fingerprint density at radius 2 is 1.47 bits per heavy atom. The first-order valence-corrected chi connectivity index (χ1v) is 11.4. The molecule has 5 heteroatoms. The maximum Gasteiger partial charge on any atom is 0.410 e. The minimum absolute atomic E-state index is 0.104. The number of nitrogens with zero attached hydrogens (tertiary/aromatic N) is 1. The van der Waals surface area contributed by atoms with Crippen molar-refractivity contribution in [3.8, 4) is 0 Å². The van der Waals surface area contributed by atoms with Gasteiger partial charge in [-0.2, -0.15) is 0 Å². The van der Waals surface area contributed by atoms with E-state index in [9.17, 15) is 9.90 Å². The molecule has 30 heavy (non-hydrogen) atoms. The highest BCUT2D eigenvalue weighted by molar-refractivity contribution is 7.99. The van der Waals surface area contributed by atoms with Crippen LogP contribution < -0.4 is 0 Å². The van der Waals surface area contributed by atoms with E-state index >= 15 is 0 Å². The lowest BCUT2D eigenvalue weighted by atomic mass is 9.77. The van der Waals surface area contributed by atoms with Crippen molar-refractivity contribution in [2.75, 3.05) is 13.1 Å². The highest BCUT2D eigenvalue weighted by atomic mass is 32.2. The van der Waals surface area contributed by atoms with Gasteiger partial charge in [-0.1, -0.05) is 41.6 Å². The third kappa shape index (κ3) is 5.79. The fourth-order valence-corrected chi connectivity index (χ4v) is 4.61. The van der Waals surface area contributed by atoms with E-state index < -0.39 is 11.2 Å². The molecule has 1 heterocycles. The van der Waals surface area contributed by atoms with Crippen LogP contribution in [0.5, 0.6) is 0 Å². The second-order valence-electron chi connectivity index (χ2n) is 9.33. The summed E-state index contributed by atoms with van der Waals surface area (Å²) in [6.45, 7) is 10.8. The van der Waals surface area contributed by atoms with Gasteiger partial charge in [-0.15, -0.1) is 0 Å². The lowest BCUT2D eigenvalue weighted by molar-refractivity contribution is -0.0384. The first-order chi connectivity index (χ1) is 14.0. The van der Waals surface area contributed by atoms with Crippen molar-refractivity contribution < 1.29 is 14.6 Å². The van der Waals surface area contributed by atoms with Crippen molar-refractivity contribution in [3.05, 3.63) is 59.7 Å². The first-order valence-electron chi connectivity index (χ1n) is 10.6. The van der Waals surface area contributed by atoms with Crippen LogP contribution in [0, 0.1) is 12.8 Å². The van der Waals surface area contributed by atoms with Crippen LogP contribution >= 0.6 is 11.8 Å². The number of aryl methyl sites for hydroxylation is 1. The Bertz CT molecular complexity index is 845. The molecular formula is C25H33NO3S. The smallest absolute Gasteiger partial charge is 0.410 e. The van der Waals surface area contributed by atoms with Crippen molar-refractivity contribution >= 4 is 17.9 Å². The average molecular weight is 428 g/mol. The monoisotopic (exact) mass is 427 g/mol. The predicted octanol–water partition coefficient (Wildman–Crippen LogP) is 6.00. The highest BCUT2D eigenvalue weighted by Gasteiger charge is 2.37. The summed E-state index contributed by atoms with van der Waals surface area (Å²) in [4.78, 5) is 16.4. The number of carbonyl (C=O) groups is 1. The third-order valence-corrected chi connectivity index (χ3v) is 6.65. The molecule has 0 saturated carbocycles. The fourth-order valence-electron chi connectivity index (χ4n) is 3.79. The first kappa shape index (κ1) is 22.7. The number of aliphatic hydroxyl groups is 1. The van der Waals surface area contributed by atoms with Crippen LogP contribution in [0.15, 0.2) is 58.3 Å². The number of piperidine rings is 1. The average Bonchev–Trinajstić information content (AvgIpc) is 2.69. The molecule has 1 N–H and O–H groups in total. The lowest BCUT2D eigenvalue weighted by Crippen LogP contribution is -2.45. The molecule has 4 nitrogen and oxygen atoms in total. The van der Waals surface area contributed by atoms with Crippen LogP contribution in [0.1, 0.15) is 51.7 Å². The SMILES string of the molecule is Cc1ccc(Sc2ccc(C(C)(O)C3CCN(C(=O)OC(C)(C)C)CC3)cc2)cc1. The molecule has 2 aromatic rings. The molecule has 1 aliphatic rings. The molecule has 0 bridgehead atoms. The van der Waals surface area contributed by atoms with Gasteiger partial charge in [0.25, 0.3) is 0 Å². The van der Waals surface area contributed by atoms with Crippen molar-refractivity contribution in [3.63, 3.8) is 0 Å². The molecule has 1 fully saturated rings. The Balaban J connectivity index is 1.60. The molecule has 0 aromatic heterocycles. The van der Waals surface area contributed by atoms with Gasteiger partial charge < -0.3 is 14.7 Å². The summed E-state index contributed by atoms with van der Waals surface area (Å²) in [5, 5.41) is 11.3. The van der Waals surface area contributed by atoms with Gasteiger partial charge in [-0.3, -0.25) is 0 Å². The van der Waals surface area contributed by atoms with E-state index in [1.807, 2.05) is 39.8 Å². The maximum absolute atomic E-state index is 12.3. The summed E-state index contributed by atoms with van der Waals surface area (Å²) in [7, 11) is 0. The van der Waals surface area contributed by atoms with Gasteiger partial charge in [0.1, 0.15) is 5.60 Å². The van der Waals surface area contributed by atoms with Gasteiger partial charge in [-0.05, 0) is 83.2 Å². The number of carbonyl (C=O) groups excluding carboxylic acids is 1. The molecule has 0 spiro atoms. The van der Waals surface area contributed by atoms with E-state index in [2.05, 4.69) is 43.3 Å². The van der Waals surface area contributed by atoms with Crippen LogP contribution in [-0.2, 0) is 10.3 Å². The Kier molecular flexibility index (Phi) is 6.83. The number of hydrogen-bond acceptors (Lipinski definition) is 4. The van der Waals surface area contributed by atoms with E-state index in [-0.39, 0.29) is 12.0 Å².